The lowest BCUT2D eigenvalue weighted by Crippen LogP contribution is -2.14. The fourth-order valence-corrected chi connectivity index (χ4v) is 1.34. The Morgan fingerprint density at radius 2 is 2.12 bits per heavy atom. The molecule has 1 amide bonds. The number of amides is 1. The van der Waals surface area contributed by atoms with Gasteiger partial charge in [-0.1, -0.05) is 18.3 Å². The summed E-state index contributed by atoms with van der Waals surface area (Å²) in [5, 5.41) is 5.89. The van der Waals surface area contributed by atoms with Crippen LogP contribution in [0.1, 0.15) is 13.3 Å². The Bertz CT molecular complexity index is 393. The van der Waals surface area contributed by atoms with Crippen LogP contribution in [0.3, 0.4) is 0 Å². The van der Waals surface area contributed by atoms with Crippen LogP contribution in [0.15, 0.2) is 24.3 Å². The first-order valence-electron chi connectivity index (χ1n) is 4.98. The van der Waals surface area contributed by atoms with E-state index >= 15 is 0 Å². The quantitative estimate of drug-likeness (QED) is 0.682. The van der Waals surface area contributed by atoms with Crippen LogP contribution in [0.5, 0.6) is 0 Å². The SMILES string of the molecule is CC(=O)Nc1cccc(NCCC(N)=S)c1. The summed E-state index contributed by atoms with van der Waals surface area (Å²) in [5.74, 6) is -0.0831. The van der Waals surface area contributed by atoms with Gasteiger partial charge in [0.2, 0.25) is 5.91 Å². The lowest BCUT2D eigenvalue weighted by Gasteiger charge is -2.08. The van der Waals surface area contributed by atoms with E-state index in [2.05, 4.69) is 10.6 Å². The Morgan fingerprint density at radius 1 is 1.44 bits per heavy atom. The van der Waals surface area contributed by atoms with Crippen molar-refractivity contribution >= 4 is 34.5 Å². The number of carbonyl (C=O) groups is 1. The maximum atomic E-state index is 10.9. The first kappa shape index (κ1) is 12.4. The average Bonchev–Trinajstić information content (AvgIpc) is 2.16. The van der Waals surface area contributed by atoms with Crippen molar-refractivity contribution in [2.24, 2.45) is 5.73 Å². The molecule has 0 aliphatic rings. The second kappa shape index (κ2) is 6.07. The van der Waals surface area contributed by atoms with Gasteiger partial charge in [-0.2, -0.15) is 0 Å². The molecule has 0 heterocycles. The normalized spacial score (nSPS) is 9.56. The number of nitrogens with one attached hydrogen (secondary N) is 2. The monoisotopic (exact) mass is 237 g/mol. The van der Waals surface area contributed by atoms with Crippen molar-refractivity contribution in [3.05, 3.63) is 24.3 Å². The number of hydrogen-bond donors (Lipinski definition) is 3. The smallest absolute Gasteiger partial charge is 0.221 e. The van der Waals surface area contributed by atoms with Crippen LogP contribution in [0.2, 0.25) is 0 Å². The van der Waals surface area contributed by atoms with Crippen LogP contribution in [-0.2, 0) is 4.79 Å². The second-order valence-corrected chi connectivity index (χ2v) is 3.93. The molecule has 1 aromatic rings. The minimum Gasteiger partial charge on any atom is -0.393 e. The molecule has 0 bridgehead atoms. The zero-order valence-corrected chi connectivity index (χ0v) is 9.93. The number of nitrogens with two attached hydrogens (primary N) is 1. The standard InChI is InChI=1S/C11H15N3OS/c1-8(15)14-10-4-2-3-9(7-10)13-6-5-11(12)16/h2-4,7,13H,5-6H2,1H3,(H2,12,16)(H,14,15). The van der Waals surface area contributed by atoms with Crippen LogP contribution in [-0.4, -0.2) is 17.4 Å². The highest BCUT2D eigenvalue weighted by molar-refractivity contribution is 7.80. The van der Waals surface area contributed by atoms with Crippen LogP contribution < -0.4 is 16.4 Å². The fraction of sp³-hybridized carbons (Fsp3) is 0.273. The number of hydrogen-bond acceptors (Lipinski definition) is 3. The van der Waals surface area contributed by atoms with E-state index < -0.39 is 0 Å². The molecule has 0 atom stereocenters. The molecular formula is C11H15N3OS. The minimum atomic E-state index is -0.0831. The molecule has 4 nitrogen and oxygen atoms in total. The lowest BCUT2D eigenvalue weighted by atomic mass is 10.2. The largest absolute Gasteiger partial charge is 0.393 e. The Morgan fingerprint density at radius 3 is 2.75 bits per heavy atom. The van der Waals surface area contributed by atoms with E-state index in [9.17, 15) is 4.79 Å². The molecule has 86 valence electrons. The number of thiocarbonyl (C=S) groups is 1. The topological polar surface area (TPSA) is 67.2 Å². The van der Waals surface area contributed by atoms with Gasteiger partial charge in [-0.15, -0.1) is 0 Å². The van der Waals surface area contributed by atoms with Gasteiger partial charge in [-0.05, 0) is 18.2 Å². The van der Waals surface area contributed by atoms with E-state index in [1.165, 1.54) is 6.92 Å². The fourth-order valence-electron chi connectivity index (χ4n) is 1.24. The molecule has 0 aliphatic carbocycles. The molecule has 0 aromatic heterocycles. The molecule has 0 saturated carbocycles. The van der Waals surface area contributed by atoms with Crippen molar-refractivity contribution in [3.8, 4) is 0 Å². The molecule has 1 rings (SSSR count). The highest BCUT2D eigenvalue weighted by atomic mass is 32.1. The summed E-state index contributed by atoms with van der Waals surface area (Å²) in [6, 6.07) is 7.49. The van der Waals surface area contributed by atoms with Gasteiger partial charge in [0.25, 0.3) is 0 Å². The number of carbonyl (C=O) groups excluding carboxylic acids is 1. The van der Waals surface area contributed by atoms with E-state index in [-0.39, 0.29) is 5.91 Å². The highest BCUT2D eigenvalue weighted by Crippen LogP contribution is 2.14. The molecule has 5 heteroatoms. The van der Waals surface area contributed by atoms with Crippen molar-refractivity contribution in [3.63, 3.8) is 0 Å². The summed E-state index contributed by atoms with van der Waals surface area (Å²) in [6.07, 6.45) is 0.652. The third-order valence-electron chi connectivity index (χ3n) is 1.88. The molecule has 0 unspecified atom stereocenters. The Hall–Kier alpha value is -1.62. The van der Waals surface area contributed by atoms with Crippen LogP contribution in [0.25, 0.3) is 0 Å². The molecule has 4 N–H and O–H groups in total. The maximum absolute atomic E-state index is 10.9. The molecule has 0 fully saturated rings. The molecule has 0 spiro atoms. The third-order valence-corrected chi connectivity index (χ3v) is 2.09. The Balaban J connectivity index is 2.53. The predicted molar refractivity (Wildman–Crippen MR) is 70.6 cm³/mol. The maximum Gasteiger partial charge on any atom is 0.221 e. The van der Waals surface area contributed by atoms with Gasteiger partial charge in [-0.3, -0.25) is 4.79 Å². The van der Waals surface area contributed by atoms with Gasteiger partial charge in [0.05, 0.1) is 4.99 Å². The zero-order chi connectivity index (χ0) is 12.0. The zero-order valence-electron chi connectivity index (χ0n) is 9.12. The Labute approximate surface area is 100 Å². The summed E-state index contributed by atoms with van der Waals surface area (Å²) < 4.78 is 0. The number of anilines is 2. The second-order valence-electron chi connectivity index (χ2n) is 3.41. The summed E-state index contributed by atoms with van der Waals surface area (Å²) in [7, 11) is 0. The van der Waals surface area contributed by atoms with Gasteiger partial charge in [0.1, 0.15) is 0 Å². The average molecular weight is 237 g/mol. The van der Waals surface area contributed by atoms with Crippen molar-refractivity contribution in [1.29, 1.82) is 0 Å². The van der Waals surface area contributed by atoms with Gasteiger partial charge < -0.3 is 16.4 Å². The van der Waals surface area contributed by atoms with Crippen LogP contribution >= 0.6 is 12.2 Å². The molecule has 0 saturated heterocycles. The van der Waals surface area contributed by atoms with Crippen molar-refractivity contribution in [2.75, 3.05) is 17.2 Å². The minimum absolute atomic E-state index is 0.0831. The van der Waals surface area contributed by atoms with E-state index in [1.54, 1.807) is 0 Å². The van der Waals surface area contributed by atoms with Crippen molar-refractivity contribution in [2.45, 2.75) is 13.3 Å². The first-order chi connectivity index (χ1) is 7.58. The van der Waals surface area contributed by atoms with Gasteiger partial charge in [0, 0.05) is 31.3 Å². The van der Waals surface area contributed by atoms with Crippen LogP contribution in [0, 0.1) is 0 Å². The van der Waals surface area contributed by atoms with Gasteiger partial charge >= 0.3 is 0 Å². The van der Waals surface area contributed by atoms with E-state index in [1.807, 2.05) is 24.3 Å². The summed E-state index contributed by atoms with van der Waals surface area (Å²) in [5.41, 5.74) is 7.09. The molecule has 0 radical (unpaired) electrons. The highest BCUT2D eigenvalue weighted by Gasteiger charge is 1.97. The van der Waals surface area contributed by atoms with Gasteiger partial charge in [-0.25, -0.2) is 0 Å². The molecular weight excluding hydrogens is 222 g/mol. The molecule has 16 heavy (non-hydrogen) atoms. The first-order valence-corrected chi connectivity index (χ1v) is 5.38. The molecule has 1 aromatic carbocycles. The van der Waals surface area contributed by atoms with E-state index in [0.717, 1.165) is 11.4 Å². The number of rotatable bonds is 5. The predicted octanol–water partition coefficient (Wildman–Crippen LogP) is 1.73. The van der Waals surface area contributed by atoms with E-state index in [0.29, 0.717) is 18.0 Å². The van der Waals surface area contributed by atoms with Gasteiger partial charge in [0.15, 0.2) is 0 Å². The summed E-state index contributed by atoms with van der Waals surface area (Å²) in [4.78, 5) is 11.4. The third kappa shape index (κ3) is 4.75. The van der Waals surface area contributed by atoms with Crippen molar-refractivity contribution in [1.82, 2.24) is 0 Å². The molecule has 0 aliphatic heterocycles. The van der Waals surface area contributed by atoms with Crippen LogP contribution in [0.4, 0.5) is 11.4 Å². The summed E-state index contributed by atoms with van der Waals surface area (Å²) >= 11 is 4.77. The lowest BCUT2D eigenvalue weighted by molar-refractivity contribution is -0.114. The van der Waals surface area contributed by atoms with Crippen molar-refractivity contribution < 1.29 is 4.79 Å². The summed E-state index contributed by atoms with van der Waals surface area (Å²) in [6.45, 7) is 2.17. The number of benzene rings is 1. The Kier molecular flexibility index (Phi) is 4.72. The van der Waals surface area contributed by atoms with E-state index in [4.69, 9.17) is 18.0 Å².